The SMILES string of the molecule is CCC1(OC)CCCN(C(=O)OC(C)(C)C)C1. The summed E-state index contributed by atoms with van der Waals surface area (Å²) in [4.78, 5) is 13.7. The second-order valence-corrected chi connectivity index (χ2v) is 5.75. The maximum atomic E-state index is 12.0. The zero-order valence-electron chi connectivity index (χ0n) is 11.7. The highest BCUT2D eigenvalue weighted by Crippen LogP contribution is 2.28. The van der Waals surface area contributed by atoms with E-state index in [1.54, 1.807) is 12.0 Å². The molecule has 0 aromatic rings. The summed E-state index contributed by atoms with van der Waals surface area (Å²) in [6.07, 6.45) is 2.68. The van der Waals surface area contributed by atoms with E-state index in [1.807, 2.05) is 20.8 Å². The van der Waals surface area contributed by atoms with Gasteiger partial charge in [0, 0.05) is 13.7 Å². The lowest BCUT2D eigenvalue weighted by atomic mass is 9.90. The summed E-state index contributed by atoms with van der Waals surface area (Å²) in [5.41, 5.74) is -0.619. The molecule has 17 heavy (non-hydrogen) atoms. The van der Waals surface area contributed by atoms with Crippen molar-refractivity contribution in [2.75, 3.05) is 20.2 Å². The summed E-state index contributed by atoms with van der Waals surface area (Å²) < 4.78 is 11.0. The van der Waals surface area contributed by atoms with Gasteiger partial charge in [0.25, 0.3) is 0 Å². The predicted molar refractivity (Wildman–Crippen MR) is 67.1 cm³/mol. The molecule has 1 rings (SSSR count). The molecule has 0 bridgehead atoms. The number of piperidine rings is 1. The third-order valence-corrected chi connectivity index (χ3v) is 3.27. The van der Waals surface area contributed by atoms with Crippen LogP contribution in [0.1, 0.15) is 47.0 Å². The van der Waals surface area contributed by atoms with Crippen molar-refractivity contribution in [3.05, 3.63) is 0 Å². The molecule has 0 radical (unpaired) electrons. The van der Waals surface area contributed by atoms with E-state index in [0.717, 1.165) is 25.8 Å². The minimum atomic E-state index is -0.434. The molecule has 0 saturated carbocycles. The fourth-order valence-corrected chi connectivity index (χ4v) is 2.18. The van der Waals surface area contributed by atoms with Crippen molar-refractivity contribution >= 4 is 6.09 Å². The van der Waals surface area contributed by atoms with Crippen LogP contribution in [0.3, 0.4) is 0 Å². The minimum Gasteiger partial charge on any atom is -0.444 e. The Bertz CT molecular complexity index is 266. The van der Waals surface area contributed by atoms with Gasteiger partial charge in [0.1, 0.15) is 5.60 Å². The maximum absolute atomic E-state index is 12.0. The van der Waals surface area contributed by atoms with Gasteiger partial charge in [-0.05, 0) is 40.0 Å². The van der Waals surface area contributed by atoms with Crippen molar-refractivity contribution in [3.63, 3.8) is 0 Å². The molecule has 4 heteroatoms. The Balaban J connectivity index is 2.63. The highest BCUT2D eigenvalue weighted by atomic mass is 16.6. The van der Waals surface area contributed by atoms with Crippen LogP contribution in [-0.2, 0) is 9.47 Å². The van der Waals surface area contributed by atoms with Crippen LogP contribution in [0, 0.1) is 0 Å². The van der Waals surface area contributed by atoms with Gasteiger partial charge in [0.05, 0.1) is 12.1 Å². The molecule has 1 aliphatic heterocycles. The number of amides is 1. The summed E-state index contributed by atoms with van der Waals surface area (Å²) >= 11 is 0. The molecule has 1 fully saturated rings. The van der Waals surface area contributed by atoms with Crippen LogP contribution in [-0.4, -0.2) is 42.4 Å². The topological polar surface area (TPSA) is 38.8 Å². The molecule has 4 nitrogen and oxygen atoms in total. The Labute approximate surface area is 104 Å². The van der Waals surface area contributed by atoms with E-state index >= 15 is 0 Å². The van der Waals surface area contributed by atoms with Crippen LogP contribution in [0.5, 0.6) is 0 Å². The largest absolute Gasteiger partial charge is 0.444 e. The number of hydrogen-bond donors (Lipinski definition) is 0. The first-order valence-corrected chi connectivity index (χ1v) is 6.35. The lowest BCUT2D eigenvalue weighted by molar-refractivity contribution is -0.0705. The van der Waals surface area contributed by atoms with Crippen molar-refractivity contribution in [2.24, 2.45) is 0 Å². The van der Waals surface area contributed by atoms with Gasteiger partial charge in [-0.3, -0.25) is 0 Å². The molecular formula is C13H25NO3. The second-order valence-electron chi connectivity index (χ2n) is 5.75. The number of ether oxygens (including phenoxy) is 2. The molecule has 0 aromatic carbocycles. The molecule has 100 valence electrons. The van der Waals surface area contributed by atoms with E-state index in [4.69, 9.17) is 9.47 Å². The van der Waals surface area contributed by atoms with Gasteiger partial charge < -0.3 is 14.4 Å². The molecule has 1 atom stereocenters. The molecule has 1 saturated heterocycles. The number of hydrogen-bond acceptors (Lipinski definition) is 3. The van der Waals surface area contributed by atoms with E-state index in [2.05, 4.69) is 6.92 Å². The van der Waals surface area contributed by atoms with Crippen molar-refractivity contribution in [1.82, 2.24) is 4.90 Å². The third kappa shape index (κ3) is 3.87. The van der Waals surface area contributed by atoms with Gasteiger partial charge in [-0.2, -0.15) is 0 Å². The van der Waals surface area contributed by atoms with Crippen molar-refractivity contribution in [3.8, 4) is 0 Å². The van der Waals surface area contributed by atoms with Gasteiger partial charge in [0.2, 0.25) is 0 Å². The zero-order valence-corrected chi connectivity index (χ0v) is 11.7. The average Bonchev–Trinajstić information content (AvgIpc) is 2.27. The first kappa shape index (κ1) is 14.3. The molecule has 0 N–H and O–H groups in total. The Morgan fingerprint density at radius 3 is 2.53 bits per heavy atom. The average molecular weight is 243 g/mol. The smallest absolute Gasteiger partial charge is 0.410 e. The van der Waals surface area contributed by atoms with Crippen LogP contribution in [0.4, 0.5) is 4.79 Å². The number of rotatable bonds is 2. The van der Waals surface area contributed by atoms with E-state index in [0.29, 0.717) is 6.54 Å². The van der Waals surface area contributed by atoms with Gasteiger partial charge in [-0.15, -0.1) is 0 Å². The van der Waals surface area contributed by atoms with Gasteiger partial charge in [-0.25, -0.2) is 4.79 Å². The summed E-state index contributed by atoms with van der Waals surface area (Å²) in [5.74, 6) is 0. The molecule has 0 aromatic heterocycles. The molecule has 0 aliphatic carbocycles. The first-order valence-electron chi connectivity index (χ1n) is 6.35. The monoisotopic (exact) mass is 243 g/mol. The highest BCUT2D eigenvalue weighted by Gasteiger charge is 2.37. The minimum absolute atomic E-state index is 0.185. The molecule has 1 aliphatic rings. The van der Waals surface area contributed by atoms with Crippen molar-refractivity contribution in [1.29, 1.82) is 0 Å². The summed E-state index contributed by atoms with van der Waals surface area (Å²) in [7, 11) is 1.72. The fourth-order valence-electron chi connectivity index (χ4n) is 2.18. The van der Waals surface area contributed by atoms with E-state index in [1.165, 1.54) is 0 Å². The van der Waals surface area contributed by atoms with Gasteiger partial charge in [0.15, 0.2) is 0 Å². The number of nitrogens with zero attached hydrogens (tertiary/aromatic N) is 1. The van der Waals surface area contributed by atoms with Gasteiger partial charge >= 0.3 is 6.09 Å². The van der Waals surface area contributed by atoms with Crippen LogP contribution >= 0.6 is 0 Å². The van der Waals surface area contributed by atoms with Crippen molar-refractivity contribution in [2.45, 2.75) is 58.2 Å². The predicted octanol–water partition coefficient (Wildman–Crippen LogP) is 2.81. The Kier molecular flexibility index (Phi) is 4.42. The van der Waals surface area contributed by atoms with E-state index < -0.39 is 5.60 Å². The fraction of sp³-hybridized carbons (Fsp3) is 0.923. The summed E-state index contributed by atoms with van der Waals surface area (Å²) in [6, 6.07) is 0. The maximum Gasteiger partial charge on any atom is 0.410 e. The van der Waals surface area contributed by atoms with Crippen LogP contribution in [0.25, 0.3) is 0 Å². The first-order chi connectivity index (χ1) is 7.82. The lowest BCUT2D eigenvalue weighted by Crippen LogP contribution is -2.52. The molecular weight excluding hydrogens is 218 g/mol. The Hall–Kier alpha value is -0.770. The van der Waals surface area contributed by atoms with Crippen LogP contribution in [0.15, 0.2) is 0 Å². The van der Waals surface area contributed by atoms with Gasteiger partial charge in [-0.1, -0.05) is 6.92 Å². The third-order valence-electron chi connectivity index (χ3n) is 3.27. The quantitative estimate of drug-likeness (QED) is 0.748. The summed E-state index contributed by atoms with van der Waals surface area (Å²) in [6.45, 7) is 9.16. The number of likely N-dealkylation sites (tertiary alicyclic amines) is 1. The normalized spacial score (nSPS) is 25.8. The lowest BCUT2D eigenvalue weighted by Gasteiger charge is -2.41. The Morgan fingerprint density at radius 2 is 2.06 bits per heavy atom. The number of carbonyl (C=O) groups is 1. The molecule has 0 spiro atoms. The summed E-state index contributed by atoms with van der Waals surface area (Å²) in [5, 5.41) is 0. The standard InChI is InChI=1S/C13H25NO3/c1-6-13(16-5)8-7-9-14(10-13)11(15)17-12(2,3)4/h6-10H2,1-5H3. The van der Waals surface area contributed by atoms with Crippen LogP contribution < -0.4 is 0 Å². The molecule has 1 unspecified atom stereocenters. The molecule has 1 amide bonds. The van der Waals surface area contributed by atoms with Crippen LogP contribution in [0.2, 0.25) is 0 Å². The number of carbonyl (C=O) groups excluding carboxylic acids is 1. The zero-order chi connectivity index (χ0) is 13.1. The molecule has 1 heterocycles. The van der Waals surface area contributed by atoms with E-state index in [9.17, 15) is 4.79 Å². The second kappa shape index (κ2) is 5.25. The number of methoxy groups -OCH3 is 1. The van der Waals surface area contributed by atoms with Crippen molar-refractivity contribution < 1.29 is 14.3 Å². The van der Waals surface area contributed by atoms with E-state index in [-0.39, 0.29) is 11.7 Å². The highest BCUT2D eigenvalue weighted by molar-refractivity contribution is 5.68. The Morgan fingerprint density at radius 1 is 1.41 bits per heavy atom.